The first-order valence-electron chi connectivity index (χ1n) is 8.19. The fourth-order valence-electron chi connectivity index (χ4n) is 2.66. The molecular formula is C16H25N5O4. The third kappa shape index (κ3) is 4.49. The molecule has 1 aromatic heterocycles. The van der Waals surface area contributed by atoms with Crippen molar-refractivity contribution < 1.29 is 14.5 Å². The Labute approximate surface area is 147 Å². The molecule has 138 valence electrons. The van der Waals surface area contributed by atoms with Crippen molar-refractivity contribution in [1.29, 1.82) is 0 Å². The zero-order valence-electron chi connectivity index (χ0n) is 15.3. The van der Waals surface area contributed by atoms with Crippen LogP contribution in [0.25, 0.3) is 0 Å². The molecule has 1 aliphatic heterocycles. The quantitative estimate of drug-likeness (QED) is 0.659. The molecule has 2 heterocycles. The number of rotatable bonds is 3. The number of piperazine rings is 1. The molecule has 0 aliphatic carbocycles. The average Bonchev–Trinajstić information content (AvgIpc) is 2.53. The van der Waals surface area contributed by atoms with E-state index in [1.807, 2.05) is 25.7 Å². The first kappa shape index (κ1) is 18.8. The van der Waals surface area contributed by atoms with Crippen molar-refractivity contribution in [3.63, 3.8) is 0 Å². The number of hydrogen-bond donors (Lipinski definition) is 1. The Hall–Kier alpha value is -2.58. The molecule has 0 atom stereocenters. The van der Waals surface area contributed by atoms with Gasteiger partial charge in [-0.3, -0.25) is 10.1 Å². The highest BCUT2D eigenvalue weighted by atomic mass is 16.6. The number of nitrogens with one attached hydrogen (secondary N) is 1. The zero-order chi connectivity index (χ0) is 18.8. The summed E-state index contributed by atoms with van der Waals surface area (Å²) in [6.07, 6.45) is -0.323. The van der Waals surface area contributed by atoms with E-state index in [9.17, 15) is 14.9 Å². The summed E-state index contributed by atoms with van der Waals surface area (Å²) >= 11 is 0. The lowest BCUT2D eigenvalue weighted by atomic mass is 10.2. The van der Waals surface area contributed by atoms with Gasteiger partial charge in [0.15, 0.2) is 0 Å². The molecule has 0 spiro atoms. The highest BCUT2D eigenvalue weighted by Gasteiger charge is 2.28. The van der Waals surface area contributed by atoms with Gasteiger partial charge in [0.1, 0.15) is 11.4 Å². The minimum atomic E-state index is -0.521. The maximum absolute atomic E-state index is 12.1. The van der Waals surface area contributed by atoms with Gasteiger partial charge in [-0.15, -0.1) is 0 Å². The van der Waals surface area contributed by atoms with Crippen LogP contribution < -0.4 is 10.2 Å². The van der Waals surface area contributed by atoms with Crippen LogP contribution in [0.2, 0.25) is 0 Å². The lowest BCUT2D eigenvalue weighted by molar-refractivity contribution is -0.384. The Morgan fingerprint density at radius 2 is 1.92 bits per heavy atom. The van der Waals surface area contributed by atoms with Gasteiger partial charge in [-0.05, 0) is 33.3 Å². The molecule has 1 saturated heterocycles. The van der Waals surface area contributed by atoms with E-state index in [1.54, 1.807) is 18.9 Å². The van der Waals surface area contributed by atoms with Crippen LogP contribution in [0.1, 0.15) is 26.3 Å². The Balaban J connectivity index is 2.10. The van der Waals surface area contributed by atoms with Gasteiger partial charge in [-0.25, -0.2) is 9.78 Å². The van der Waals surface area contributed by atoms with E-state index in [4.69, 9.17) is 4.74 Å². The van der Waals surface area contributed by atoms with Crippen LogP contribution >= 0.6 is 0 Å². The summed E-state index contributed by atoms with van der Waals surface area (Å²) in [5, 5.41) is 13.9. The molecule has 1 fully saturated rings. The average molecular weight is 351 g/mol. The van der Waals surface area contributed by atoms with E-state index in [2.05, 4.69) is 10.3 Å². The van der Waals surface area contributed by atoms with Gasteiger partial charge in [-0.1, -0.05) is 0 Å². The third-order valence-electron chi connectivity index (χ3n) is 3.83. The third-order valence-corrected chi connectivity index (χ3v) is 3.83. The van der Waals surface area contributed by atoms with Crippen molar-refractivity contribution in [3.05, 3.63) is 21.7 Å². The molecule has 0 radical (unpaired) electrons. The van der Waals surface area contributed by atoms with Crippen LogP contribution in [0.4, 0.5) is 22.1 Å². The number of nitro groups is 1. The molecule has 1 aliphatic rings. The smallest absolute Gasteiger partial charge is 0.410 e. The number of carbonyl (C=O) groups excluding carboxylic acids is 1. The van der Waals surface area contributed by atoms with Crippen molar-refractivity contribution >= 4 is 23.4 Å². The summed E-state index contributed by atoms with van der Waals surface area (Å²) in [4.78, 5) is 30.9. The number of hydrogen-bond acceptors (Lipinski definition) is 7. The van der Waals surface area contributed by atoms with Crippen LogP contribution in [-0.4, -0.2) is 59.7 Å². The molecular weight excluding hydrogens is 326 g/mol. The molecule has 0 saturated carbocycles. The Bertz CT molecular complexity index is 663. The molecule has 0 unspecified atom stereocenters. The van der Waals surface area contributed by atoms with E-state index in [0.29, 0.717) is 32.0 Å². The monoisotopic (exact) mass is 351 g/mol. The first-order chi connectivity index (χ1) is 11.6. The molecule has 2 rings (SSSR count). The van der Waals surface area contributed by atoms with Crippen molar-refractivity contribution in [2.75, 3.05) is 43.4 Å². The van der Waals surface area contributed by atoms with Gasteiger partial charge < -0.3 is 19.9 Å². The van der Waals surface area contributed by atoms with Crippen LogP contribution in [0.3, 0.4) is 0 Å². The largest absolute Gasteiger partial charge is 0.444 e. The van der Waals surface area contributed by atoms with E-state index >= 15 is 0 Å². The molecule has 9 nitrogen and oxygen atoms in total. The Kier molecular flexibility index (Phi) is 5.34. The summed E-state index contributed by atoms with van der Waals surface area (Å²) in [6.45, 7) is 9.53. The van der Waals surface area contributed by atoms with E-state index < -0.39 is 10.5 Å². The minimum absolute atomic E-state index is 0.0452. The molecule has 9 heteroatoms. The number of ether oxygens (including phenoxy) is 1. The van der Waals surface area contributed by atoms with Gasteiger partial charge in [0.25, 0.3) is 0 Å². The van der Waals surface area contributed by atoms with Gasteiger partial charge in [0, 0.05) is 39.3 Å². The topological polar surface area (TPSA) is 101 Å². The summed E-state index contributed by atoms with van der Waals surface area (Å²) in [5.74, 6) is 0.930. The highest BCUT2D eigenvalue weighted by molar-refractivity contribution is 5.69. The zero-order valence-corrected chi connectivity index (χ0v) is 15.3. The maximum atomic E-state index is 12.1. The predicted octanol–water partition coefficient (Wildman–Crippen LogP) is 2.40. The second-order valence-corrected chi connectivity index (χ2v) is 6.96. The van der Waals surface area contributed by atoms with Gasteiger partial charge in [0.2, 0.25) is 5.82 Å². The summed E-state index contributed by atoms with van der Waals surface area (Å²) < 4.78 is 5.39. The van der Waals surface area contributed by atoms with Crippen LogP contribution in [0.15, 0.2) is 6.07 Å². The summed E-state index contributed by atoms with van der Waals surface area (Å²) in [7, 11) is 1.61. The Morgan fingerprint density at radius 3 is 2.40 bits per heavy atom. The number of aromatic nitrogens is 1. The number of anilines is 2. The van der Waals surface area contributed by atoms with Crippen molar-refractivity contribution in [2.24, 2.45) is 0 Å². The highest BCUT2D eigenvalue weighted by Crippen LogP contribution is 2.29. The number of nitrogens with zero attached hydrogens (tertiary/aromatic N) is 4. The van der Waals surface area contributed by atoms with Crippen molar-refractivity contribution in [2.45, 2.75) is 33.3 Å². The fourth-order valence-corrected chi connectivity index (χ4v) is 2.66. The van der Waals surface area contributed by atoms with Crippen LogP contribution in [0, 0.1) is 17.0 Å². The number of pyridine rings is 1. The predicted molar refractivity (Wildman–Crippen MR) is 95.2 cm³/mol. The Morgan fingerprint density at radius 1 is 1.32 bits per heavy atom. The maximum Gasteiger partial charge on any atom is 0.410 e. The standard InChI is InChI=1S/C16H25N5O4/c1-11-10-12(21(23)24)13(17-5)18-14(11)19-6-8-20(9-7-19)15(22)25-16(2,3)4/h10H,6-9H2,1-5H3,(H,17,18). The van der Waals surface area contributed by atoms with Crippen LogP contribution in [0.5, 0.6) is 0 Å². The van der Waals surface area contributed by atoms with E-state index in [0.717, 1.165) is 5.56 Å². The number of carbonyl (C=O) groups is 1. The van der Waals surface area contributed by atoms with Crippen molar-refractivity contribution in [3.8, 4) is 0 Å². The fraction of sp³-hybridized carbons (Fsp3) is 0.625. The van der Waals surface area contributed by atoms with Gasteiger partial charge >= 0.3 is 11.8 Å². The SMILES string of the molecule is CNc1nc(N2CCN(C(=O)OC(C)(C)C)CC2)c(C)cc1[N+](=O)[O-]. The molecule has 25 heavy (non-hydrogen) atoms. The summed E-state index contributed by atoms with van der Waals surface area (Å²) in [6, 6.07) is 1.52. The number of amides is 1. The van der Waals surface area contributed by atoms with Crippen LogP contribution in [-0.2, 0) is 4.74 Å². The van der Waals surface area contributed by atoms with Gasteiger partial charge in [-0.2, -0.15) is 0 Å². The lowest BCUT2D eigenvalue weighted by Gasteiger charge is -2.36. The van der Waals surface area contributed by atoms with Gasteiger partial charge in [0.05, 0.1) is 4.92 Å². The molecule has 1 amide bonds. The number of aryl methyl sites for hydroxylation is 1. The molecule has 0 aromatic carbocycles. The molecule has 1 aromatic rings. The lowest BCUT2D eigenvalue weighted by Crippen LogP contribution is -2.50. The van der Waals surface area contributed by atoms with E-state index in [1.165, 1.54) is 6.07 Å². The minimum Gasteiger partial charge on any atom is -0.444 e. The summed E-state index contributed by atoms with van der Waals surface area (Å²) in [5.41, 5.74) is 0.166. The normalized spacial score (nSPS) is 15.1. The second-order valence-electron chi connectivity index (χ2n) is 6.96. The van der Waals surface area contributed by atoms with E-state index in [-0.39, 0.29) is 17.6 Å². The first-order valence-corrected chi connectivity index (χ1v) is 8.19. The molecule has 1 N–H and O–H groups in total. The second kappa shape index (κ2) is 7.12. The van der Waals surface area contributed by atoms with Crippen molar-refractivity contribution in [1.82, 2.24) is 9.88 Å². The molecule has 0 bridgehead atoms.